The molecular formula is C14H20BrN. The van der Waals surface area contributed by atoms with E-state index in [1.165, 1.54) is 29.3 Å². The summed E-state index contributed by atoms with van der Waals surface area (Å²) in [7, 11) is 2.09. The first kappa shape index (κ1) is 12.1. The van der Waals surface area contributed by atoms with Gasteiger partial charge in [0.2, 0.25) is 0 Å². The third kappa shape index (κ3) is 2.67. The Morgan fingerprint density at radius 2 is 1.94 bits per heavy atom. The SMILES string of the molecule is CNC1CCC(Cc2ccc(Br)cc2)C1C. The highest BCUT2D eigenvalue weighted by molar-refractivity contribution is 9.10. The molecule has 1 aromatic rings. The van der Waals surface area contributed by atoms with Crippen LogP contribution in [0, 0.1) is 11.8 Å². The molecule has 1 fully saturated rings. The van der Waals surface area contributed by atoms with Gasteiger partial charge in [-0.05, 0) is 55.8 Å². The summed E-state index contributed by atoms with van der Waals surface area (Å²) >= 11 is 3.48. The molecule has 3 atom stereocenters. The summed E-state index contributed by atoms with van der Waals surface area (Å²) in [6, 6.07) is 9.49. The van der Waals surface area contributed by atoms with Crippen molar-refractivity contribution >= 4 is 15.9 Å². The van der Waals surface area contributed by atoms with Crippen LogP contribution in [-0.4, -0.2) is 13.1 Å². The van der Waals surface area contributed by atoms with E-state index in [-0.39, 0.29) is 0 Å². The fraction of sp³-hybridized carbons (Fsp3) is 0.571. The first-order valence-corrected chi connectivity index (χ1v) is 6.91. The molecule has 2 heteroatoms. The number of nitrogens with one attached hydrogen (secondary N) is 1. The maximum absolute atomic E-state index is 3.48. The molecule has 2 rings (SSSR count). The molecule has 1 aliphatic rings. The Hall–Kier alpha value is -0.340. The predicted molar refractivity (Wildman–Crippen MR) is 72.6 cm³/mol. The molecule has 1 N–H and O–H groups in total. The van der Waals surface area contributed by atoms with Gasteiger partial charge in [-0.3, -0.25) is 0 Å². The van der Waals surface area contributed by atoms with Crippen LogP contribution in [0.15, 0.2) is 28.7 Å². The van der Waals surface area contributed by atoms with Crippen LogP contribution in [0.1, 0.15) is 25.3 Å². The van der Waals surface area contributed by atoms with Gasteiger partial charge in [0.05, 0.1) is 0 Å². The van der Waals surface area contributed by atoms with Gasteiger partial charge in [0.25, 0.3) is 0 Å². The maximum atomic E-state index is 3.48. The normalized spacial score (nSPS) is 29.6. The average molecular weight is 282 g/mol. The van der Waals surface area contributed by atoms with Gasteiger partial charge in [0.1, 0.15) is 0 Å². The summed E-state index contributed by atoms with van der Waals surface area (Å²) in [5, 5.41) is 3.43. The van der Waals surface area contributed by atoms with Gasteiger partial charge in [-0.1, -0.05) is 35.0 Å². The lowest BCUT2D eigenvalue weighted by atomic mass is 9.90. The Labute approximate surface area is 107 Å². The van der Waals surface area contributed by atoms with Crippen molar-refractivity contribution in [2.75, 3.05) is 7.05 Å². The number of hydrogen-bond donors (Lipinski definition) is 1. The summed E-state index contributed by atoms with van der Waals surface area (Å²) in [5.41, 5.74) is 1.47. The van der Waals surface area contributed by atoms with Crippen LogP contribution >= 0.6 is 15.9 Å². The molecule has 0 amide bonds. The molecular weight excluding hydrogens is 262 g/mol. The summed E-state index contributed by atoms with van der Waals surface area (Å²) in [6.07, 6.45) is 3.92. The Kier molecular flexibility index (Phi) is 4.04. The topological polar surface area (TPSA) is 12.0 Å². The van der Waals surface area contributed by atoms with E-state index in [0.29, 0.717) is 0 Å². The van der Waals surface area contributed by atoms with Gasteiger partial charge in [0, 0.05) is 10.5 Å². The van der Waals surface area contributed by atoms with Crippen molar-refractivity contribution in [3.8, 4) is 0 Å². The molecule has 88 valence electrons. The van der Waals surface area contributed by atoms with Gasteiger partial charge in [-0.25, -0.2) is 0 Å². The smallest absolute Gasteiger partial charge is 0.0175 e. The quantitative estimate of drug-likeness (QED) is 0.892. The number of rotatable bonds is 3. The van der Waals surface area contributed by atoms with Crippen LogP contribution in [-0.2, 0) is 6.42 Å². The number of benzene rings is 1. The highest BCUT2D eigenvalue weighted by Gasteiger charge is 2.31. The third-order valence-electron chi connectivity index (χ3n) is 4.01. The number of halogens is 1. The van der Waals surface area contributed by atoms with Crippen molar-refractivity contribution in [1.82, 2.24) is 5.32 Å². The predicted octanol–water partition coefficient (Wildman–Crippen LogP) is 3.63. The second kappa shape index (κ2) is 5.33. The maximum Gasteiger partial charge on any atom is 0.0175 e. The Balaban J connectivity index is 1.98. The van der Waals surface area contributed by atoms with Gasteiger partial charge in [-0.15, -0.1) is 0 Å². The zero-order chi connectivity index (χ0) is 11.5. The molecule has 16 heavy (non-hydrogen) atoms. The first-order chi connectivity index (χ1) is 7.70. The summed E-state index contributed by atoms with van der Waals surface area (Å²) < 4.78 is 1.17. The largest absolute Gasteiger partial charge is 0.317 e. The molecule has 0 heterocycles. The van der Waals surface area contributed by atoms with Crippen LogP contribution in [0.3, 0.4) is 0 Å². The lowest BCUT2D eigenvalue weighted by Crippen LogP contribution is -2.29. The third-order valence-corrected chi connectivity index (χ3v) is 4.54. The summed E-state index contributed by atoms with van der Waals surface area (Å²) in [5.74, 6) is 1.65. The summed E-state index contributed by atoms with van der Waals surface area (Å²) in [4.78, 5) is 0. The molecule has 0 saturated heterocycles. The lowest BCUT2D eigenvalue weighted by molar-refractivity contribution is 0.364. The van der Waals surface area contributed by atoms with E-state index in [4.69, 9.17) is 0 Å². The van der Waals surface area contributed by atoms with Crippen molar-refractivity contribution in [2.45, 2.75) is 32.2 Å². The zero-order valence-corrected chi connectivity index (χ0v) is 11.6. The van der Waals surface area contributed by atoms with Crippen LogP contribution in [0.2, 0.25) is 0 Å². The fourth-order valence-electron chi connectivity index (χ4n) is 2.87. The average Bonchev–Trinajstić information content (AvgIpc) is 2.63. The second-order valence-electron chi connectivity index (χ2n) is 4.92. The van der Waals surface area contributed by atoms with E-state index in [9.17, 15) is 0 Å². The standard InChI is InChI=1S/C14H20BrN/c1-10-12(5-8-14(10)16-2)9-11-3-6-13(15)7-4-11/h3-4,6-7,10,12,14,16H,5,8-9H2,1-2H3. The molecule has 0 spiro atoms. The van der Waals surface area contributed by atoms with Crippen molar-refractivity contribution < 1.29 is 0 Å². The van der Waals surface area contributed by atoms with E-state index in [0.717, 1.165) is 17.9 Å². The molecule has 1 aromatic carbocycles. The molecule has 1 nitrogen and oxygen atoms in total. The zero-order valence-electron chi connectivity index (χ0n) is 10.0. The monoisotopic (exact) mass is 281 g/mol. The fourth-order valence-corrected chi connectivity index (χ4v) is 3.13. The summed E-state index contributed by atoms with van der Waals surface area (Å²) in [6.45, 7) is 2.39. The lowest BCUT2D eigenvalue weighted by Gasteiger charge is -2.20. The van der Waals surface area contributed by atoms with Gasteiger partial charge in [0.15, 0.2) is 0 Å². The van der Waals surface area contributed by atoms with Gasteiger partial charge < -0.3 is 5.32 Å². The van der Waals surface area contributed by atoms with Crippen molar-refractivity contribution in [3.05, 3.63) is 34.3 Å². The van der Waals surface area contributed by atoms with Crippen LogP contribution < -0.4 is 5.32 Å². The molecule has 0 aliphatic heterocycles. The van der Waals surface area contributed by atoms with Crippen LogP contribution in [0.4, 0.5) is 0 Å². The molecule has 0 aromatic heterocycles. The van der Waals surface area contributed by atoms with Crippen molar-refractivity contribution in [3.63, 3.8) is 0 Å². The van der Waals surface area contributed by atoms with E-state index >= 15 is 0 Å². The van der Waals surface area contributed by atoms with Crippen LogP contribution in [0.25, 0.3) is 0 Å². The first-order valence-electron chi connectivity index (χ1n) is 6.12. The molecule has 0 radical (unpaired) electrons. The van der Waals surface area contributed by atoms with Crippen LogP contribution in [0.5, 0.6) is 0 Å². The van der Waals surface area contributed by atoms with E-state index in [1.807, 2.05) is 0 Å². The molecule has 1 saturated carbocycles. The Morgan fingerprint density at radius 1 is 1.25 bits per heavy atom. The highest BCUT2D eigenvalue weighted by Crippen LogP contribution is 2.34. The van der Waals surface area contributed by atoms with E-state index < -0.39 is 0 Å². The van der Waals surface area contributed by atoms with Crippen molar-refractivity contribution in [2.24, 2.45) is 11.8 Å². The second-order valence-corrected chi connectivity index (χ2v) is 5.84. The Morgan fingerprint density at radius 3 is 2.50 bits per heavy atom. The minimum absolute atomic E-state index is 0.723. The minimum atomic E-state index is 0.723. The minimum Gasteiger partial charge on any atom is -0.317 e. The molecule has 3 unspecified atom stereocenters. The number of hydrogen-bond acceptors (Lipinski definition) is 1. The van der Waals surface area contributed by atoms with Gasteiger partial charge >= 0.3 is 0 Å². The highest BCUT2D eigenvalue weighted by atomic mass is 79.9. The van der Waals surface area contributed by atoms with Gasteiger partial charge in [-0.2, -0.15) is 0 Å². The van der Waals surface area contributed by atoms with E-state index in [1.54, 1.807) is 0 Å². The molecule has 1 aliphatic carbocycles. The van der Waals surface area contributed by atoms with Crippen molar-refractivity contribution in [1.29, 1.82) is 0 Å². The van der Waals surface area contributed by atoms with E-state index in [2.05, 4.69) is 59.5 Å². The molecule has 0 bridgehead atoms. The Bertz CT molecular complexity index is 333.